The highest BCUT2D eigenvalue weighted by molar-refractivity contribution is 5.99. The minimum atomic E-state index is -0.475. The average molecular weight is 507 g/mol. The summed E-state index contributed by atoms with van der Waals surface area (Å²) < 4.78 is 14.7. The molecule has 0 aliphatic carbocycles. The van der Waals surface area contributed by atoms with Gasteiger partial charge in [0.15, 0.2) is 17.8 Å². The van der Waals surface area contributed by atoms with Crippen LogP contribution in [0.4, 0.5) is 10.2 Å². The molecule has 194 valence electrons. The summed E-state index contributed by atoms with van der Waals surface area (Å²) in [6, 6.07) is 8.14. The van der Waals surface area contributed by atoms with Crippen LogP contribution in [0, 0.1) is 5.82 Å². The zero-order chi connectivity index (χ0) is 27.0. The van der Waals surface area contributed by atoms with E-state index in [1.807, 2.05) is 31.9 Å². The molecule has 0 bridgehead atoms. The van der Waals surface area contributed by atoms with Gasteiger partial charge in [-0.1, -0.05) is 20.8 Å². The van der Waals surface area contributed by atoms with Gasteiger partial charge in [-0.2, -0.15) is 15.4 Å². The Labute approximate surface area is 214 Å². The van der Waals surface area contributed by atoms with E-state index < -0.39 is 5.54 Å². The third kappa shape index (κ3) is 5.26. The summed E-state index contributed by atoms with van der Waals surface area (Å²) in [6.07, 6.45) is 3.88. The standard InChI is InChI=1S/C17H16FN3O.C9H15N5O/c1-17(2,3)14-8-15(11-4-6-12(18)7-5-11)20-21-9-13(10-22)19-16(14)21;1-9(2)8(15)14(5-4-13(9)3)7-6-10-12-11-7/h4-10H,1-3H3;6H,4-5H2,1-3H3,(H,10,11,12). The lowest BCUT2D eigenvalue weighted by Gasteiger charge is -2.43. The highest BCUT2D eigenvalue weighted by Gasteiger charge is 2.40. The SMILES string of the molecule is CC(C)(C)c1cc(-c2ccc(F)cc2)nn2cc(C=O)nc12.CN1CCN(c2cn[nH]n2)C(=O)C1(C)C. The van der Waals surface area contributed by atoms with Crippen LogP contribution in [0.3, 0.4) is 0 Å². The van der Waals surface area contributed by atoms with E-state index in [0.717, 1.165) is 17.7 Å². The second-order valence-electron chi connectivity index (χ2n) is 10.5. The van der Waals surface area contributed by atoms with E-state index in [2.05, 4.69) is 46.3 Å². The lowest BCUT2D eigenvalue weighted by Crippen LogP contribution is -2.62. The van der Waals surface area contributed by atoms with Crippen LogP contribution in [-0.2, 0) is 10.2 Å². The van der Waals surface area contributed by atoms with Gasteiger partial charge in [-0.05, 0) is 56.6 Å². The van der Waals surface area contributed by atoms with Gasteiger partial charge in [-0.15, -0.1) is 5.10 Å². The Bertz CT molecular complexity index is 1410. The maximum atomic E-state index is 13.1. The number of benzene rings is 1. The summed E-state index contributed by atoms with van der Waals surface area (Å²) >= 11 is 0. The number of anilines is 1. The quantitative estimate of drug-likeness (QED) is 0.423. The van der Waals surface area contributed by atoms with Gasteiger partial charge in [-0.25, -0.2) is 13.9 Å². The minimum Gasteiger partial charge on any atom is -0.296 e. The number of hydrogen-bond acceptors (Lipinski definition) is 7. The topological polar surface area (TPSA) is 112 Å². The normalized spacial score (nSPS) is 16.0. The number of likely N-dealkylation sites (N-methyl/N-ethyl adjacent to an activating group) is 1. The van der Waals surface area contributed by atoms with E-state index in [0.29, 0.717) is 35.7 Å². The molecule has 0 spiro atoms. The predicted octanol–water partition coefficient (Wildman–Crippen LogP) is 3.51. The molecule has 1 aromatic carbocycles. The third-order valence-electron chi connectivity index (χ3n) is 6.57. The number of fused-ring (bicyclic) bond motifs is 1. The molecule has 3 aromatic heterocycles. The Hall–Kier alpha value is -3.99. The first-order valence-corrected chi connectivity index (χ1v) is 11.9. The van der Waals surface area contributed by atoms with Crippen LogP contribution in [0.25, 0.3) is 16.9 Å². The minimum absolute atomic E-state index is 0.0603. The first-order valence-electron chi connectivity index (χ1n) is 11.9. The second kappa shape index (κ2) is 9.81. The molecule has 0 saturated carbocycles. The van der Waals surface area contributed by atoms with E-state index in [4.69, 9.17) is 0 Å². The van der Waals surface area contributed by atoms with Crippen molar-refractivity contribution in [2.45, 2.75) is 45.6 Å². The smallest absolute Gasteiger partial charge is 0.248 e. The number of imidazole rings is 1. The zero-order valence-electron chi connectivity index (χ0n) is 21.9. The van der Waals surface area contributed by atoms with Crippen molar-refractivity contribution < 1.29 is 14.0 Å². The first kappa shape index (κ1) is 26.1. The molecule has 1 aliphatic heterocycles. The van der Waals surface area contributed by atoms with E-state index >= 15 is 0 Å². The van der Waals surface area contributed by atoms with Crippen molar-refractivity contribution in [2.24, 2.45) is 0 Å². The average Bonchev–Trinajstić information content (AvgIpc) is 3.52. The molecule has 10 nitrogen and oxygen atoms in total. The second-order valence-corrected chi connectivity index (χ2v) is 10.5. The van der Waals surface area contributed by atoms with E-state index in [9.17, 15) is 14.0 Å². The van der Waals surface area contributed by atoms with E-state index in [1.165, 1.54) is 12.1 Å². The Morgan fingerprint density at radius 2 is 1.84 bits per heavy atom. The van der Waals surface area contributed by atoms with E-state index in [1.54, 1.807) is 33.9 Å². The molecule has 0 unspecified atom stereocenters. The van der Waals surface area contributed by atoms with Gasteiger partial charge in [0.1, 0.15) is 11.5 Å². The lowest BCUT2D eigenvalue weighted by atomic mass is 9.87. The van der Waals surface area contributed by atoms with Crippen LogP contribution in [0.5, 0.6) is 0 Å². The lowest BCUT2D eigenvalue weighted by molar-refractivity contribution is -0.130. The van der Waals surface area contributed by atoms with Crippen molar-refractivity contribution in [3.8, 4) is 11.3 Å². The maximum Gasteiger partial charge on any atom is 0.248 e. The number of carbonyl (C=O) groups is 2. The first-order chi connectivity index (χ1) is 17.4. The molecule has 5 rings (SSSR count). The molecule has 1 aliphatic rings. The summed E-state index contributed by atoms with van der Waals surface area (Å²) in [7, 11) is 1.96. The molecule has 0 atom stereocenters. The molecule has 0 radical (unpaired) electrons. The summed E-state index contributed by atoms with van der Waals surface area (Å²) in [4.78, 5) is 31.2. The molecule has 1 amide bonds. The van der Waals surface area contributed by atoms with Crippen molar-refractivity contribution in [3.05, 3.63) is 59.8 Å². The molecule has 37 heavy (non-hydrogen) atoms. The van der Waals surface area contributed by atoms with Crippen molar-refractivity contribution >= 4 is 23.7 Å². The molecule has 4 aromatic rings. The number of amides is 1. The maximum absolute atomic E-state index is 13.1. The number of halogens is 1. The summed E-state index contributed by atoms with van der Waals surface area (Å²) in [5.74, 6) is 0.373. The van der Waals surface area contributed by atoms with Crippen LogP contribution in [-0.4, -0.2) is 72.8 Å². The molecule has 1 fully saturated rings. The number of hydrogen-bond donors (Lipinski definition) is 1. The van der Waals surface area contributed by atoms with Crippen LogP contribution in [0.2, 0.25) is 0 Å². The Morgan fingerprint density at radius 1 is 1.14 bits per heavy atom. The molecular weight excluding hydrogens is 475 g/mol. The van der Waals surface area contributed by atoms with Gasteiger partial charge in [0.2, 0.25) is 5.91 Å². The largest absolute Gasteiger partial charge is 0.296 e. The summed E-state index contributed by atoms with van der Waals surface area (Å²) in [5.41, 5.74) is 2.88. The fraction of sp³-hybridized carbons (Fsp3) is 0.385. The van der Waals surface area contributed by atoms with Crippen LogP contribution in [0.1, 0.15) is 50.7 Å². The zero-order valence-corrected chi connectivity index (χ0v) is 21.9. The summed E-state index contributed by atoms with van der Waals surface area (Å²) in [5, 5.41) is 14.7. The number of carbonyl (C=O) groups excluding carboxylic acids is 2. The molecule has 4 heterocycles. The van der Waals surface area contributed by atoms with Gasteiger partial charge in [-0.3, -0.25) is 19.4 Å². The number of aromatic nitrogens is 6. The van der Waals surface area contributed by atoms with Crippen molar-refractivity contribution in [2.75, 3.05) is 25.0 Å². The number of aldehydes is 1. The van der Waals surface area contributed by atoms with Crippen molar-refractivity contribution in [1.82, 2.24) is 34.9 Å². The highest BCUT2D eigenvalue weighted by atomic mass is 19.1. The Balaban J connectivity index is 0.000000186. The van der Waals surface area contributed by atoms with E-state index in [-0.39, 0.29) is 17.1 Å². The van der Waals surface area contributed by atoms with Gasteiger partial charge in [0.05, 0.1) is 23.6 Å². The Kier molecular flexibility index (Phi) is 6.92. The molecule has 1 saturated heterocycles. The molecule has 1 N–H and O–H groups in total. The number of H-pyrrole nitrogens is 1. The van der Waals surface area contributed by atoms with Crippen molar-refractivity contribution in [3.63, 3.8) is 0 Å². The van der Waals surface area contributed by atoms with Gasteiger partial charge >= 0.3 is 0 Å². The van der Waals surface area contributed by atoms with Gasteiger partial charge in [0, 0.05) is 24.2 Å². The number of piperazine rings is 1. The molecular formula is C26H31FN8O2. The third-order valence-corrected chi connectivity index (χ3v) is 6.57. The van der Waals surface area contributed by atoms with Gasteiger partial charge < -0.3 is 0 Å². The van der Waals surface area contributed by atoms with Gasteiger partial charge in [0.25, 0.3) is 0 Å². The highest BCUT2D eigenvalue weighted by Crippen LogP contribution is 2.29. The fourth-order valence-electron chi connectivity index (χ4n) is 4.03. The van der Waals surface area contributed by atoms with Crippen LogP contribution in [0.15, 0.2) is 42.7 Å². The summed E-state index contributed by atoms with van der Waals surface area (Å²) in [6.45, 7) is 11.6. The predicted molar refractivity (Wildman–Crippen MR) is 138 cm³/mol. The fourth-order valence-corrected chi connectivity index (χ4v) is 4.03. The van der Waals surface area contributed by atoms with Crippen molar-refractivity contribution in [1.29, 1.82) is 0 Å². The Morgan fingerprint density at radius 3 is 2.43 bits per heavy atom. The number of nitrogens with zero attached hydrogens (tertiary/aromatic N) is 7. The molecule has 11 heteroatoms. The number of rotatable bonds is 3. The van der Waals surface area contributed by atoms with Crippen LogP contribution < -0.4 is 4.90 Å². The number of aromatic amines is 1. The van der Waals surface area contributed by atoms with Crippen LogP contribution >= 0.6 is 0 Å². The number of nitrogens with one attached hydrogen (secondary N) is 1. The monoisotopic (exact) mass is 506 g/mol.